The number of sulfone groups is 1. The zero-order valence-electron chi connectivity index (χ0n) is 10.5. The Balaban J connectivity index is 2.30. The van der Waals surface area contributed by atoms with Gasteiger partial charge in [0.2, 0.25) is 0 Å². The second kappa shape index (κ2) is 4.83. The van der Waals surface area contributed by atoms with Crippen LogP contribution in [0.15, 0.2) is 12.1 Å². The molecule has 0 radical (unpaired) electrons. The molecule has 1 fully saturated rings. The largest absolute Gasteiger partial charge is 0.388 e. The van der Waals surface area contributed by atoms with Gasteiger partial charge in [0, 0.05) is 10.9 Å². The van der Waals surface area contributed by atoms with E-state index in [1.165, 1.54) is 0 Å². The summed E-state index contributed by atoms with van der Waals surface area (Å²) in [4.78, 5) is 0. The number of aryl methyl sites for hydroxylation is 2. The van der Waals surface area contributed by atoms with E-state index in [1.807, 2.05) is 26.0 Å². The van der Waals surface area contributed by atoms with Crippen LogP contribution >= 0.6 is 11.6 Å². The summed E-state index contributed by atoms with van der Waals surface area (Å²) in [6.45, 7) is 3.76. The molecular weight excluding hydrogens is 272 g/mol. The van der Waals surface area contributed by atoms with Crippen molar-refractivity contribution in [3.05, 3.63) is 33.8 Å². The van der Waals surface area contributed by atoms with Gasteiger partial charge in [0.15, 0.2) is 9.84 Å². The first-order valence-corrected chi connectivity index (χ1v) is 8.15. The summed E-state index contributed by atoms with van der Waals surface area (Å²) in [7, 11) is -2.97. The average Bonchev–Trinajstić information content (AvgIpc) is 2.63. The number of hydrogen-bond acceptors (Lipinski definition) is 3. The predicted octanol–water partition coefficient (Wildman–Crippen LogP) is 2.42. The highest BCUT2D eigenvalue weighted by molar-refractivity contribution is 7.91. The Morgan fingerprint density at radius 3 is 2.56 bits per heavy atom. The van der Waals surface area contributed by atoms with E-state index < -0.39 is 15.9 Å². The Bertz CT molecular complexity index is 566. The first-order chi connectivity index (χ1) is 8.30. The van der Waals surface area contributed by atoms with Gasteiger partial charge in [-0.15, -0.1) is 0 Å². The molecule has 0 bridgehead atoms. The third-order valence-corrected chi connectivity index (χ3v) is 5.78. The fourth-order valence-electron chi connectivity index (χ4n) is 2.45. The highest BCUT2D eigenvalue weighted by Gasteiger charge is 2.34. The lowest BCUT2D eigenvalue weighted by Gasteiger charge is -2.20. The standard InChI is InChI=1S/C13H17ClO3S/c1-8-6-12(14)9(2)5-11(8)13(15)10-3-4-18(16,17)7-10/h5-6,10,13,15H,3-4,7H2,1-2H3. The third-order valence-electron chi connectivity index (χ3n) is 3.58. The summed E-state index contributed by atoms with van der Waals surface area (Å²) in [6.07, 6.45) is -0.191. The van der Waals surface area contributed by atoms with Gasteiger partial charge < -0.3 is 5.11 Å². The van der Waals surface area contributed by atoms with Gasteiger partial charge >= 0.3 is 0 Å². The molecule has 2 rings (SSSR count). The smallest absolute Gasteiger partial charge is 0.150 e. The molecule has 0 aromatic heterocycles. The minimum atomic E-state index is -2.97. The molecule has 1 N–H and O–H groups in total. The highest BCUT2D eigenvalue weighted by Crippen LogP contribution is 2.34. The summed E-state index contributed by atoms with van der Waals surface area (Å²) < 4.78 is 22.9. The molecule has 2 atom stereocenters. The zero-order chi connectivity index (χ0) is 13.5. The predicted molar refractivity (Wildman–Crippen MR) is 72.6 cm³/mol. The van der Waals surface area contributed by atoms with Crippen molar-refractivity contribution in [3.63, 3.8) is 0 Å². The van der Waals surface area contributed by atoms with Gasteiger partial charge in [0.1, 0.15) is 0 Å². The fraction of sp³-hybridized carbons (Fsp3) is 0.538. The first kappa shape index (κ1) is 13.8. The van der Waals surface area contributed by atoms with Crippen molar-refractivity contribution in [1.29, 1.82) is 0 Å². The van der Waals surface area contributed by atoms with E-state index in [-0.39, 0.29) is 17.4 Å². The number of halogens is 1. The minimum absolute atomic E-state index is 0.0787. The molecule has 1 aliphatic rings. The monoisotopic (exact) mass is 288 g/mol. The summed E-state index contributed by atoms with van der Waals surface area (Å²) in [5, 5.41) is 11.0. The lowest BCUT2D eigenvalue weighted by molar-refractivity contribution is 0.120. The van der Waals surface area contributed by atoms with Crippen molar-refractivity contribution in [2.24, 2.45) is 5.92 Å². The van der Waals surface area contributed by atoms with Crippen molar-refractivity contribution in [2.75, 3.05) is 11.5 Å². The normalized spacial score (nSPS) is 24.1. The van der Waals surface area contributed by atoms with Crippen LogP contribution in [0.3, 0.4) is 0 Å². The van der Waals surface area contributed by atoms with Crippen molar-refractivity contribution in [1.82, 2.24) is 0 Å². The maximum atomic E-state index is 11.5. The maximum absolute atomic E-state index is 11.5. The number of benzene rings is 1. The molecule has 5 heteroatoms. The number of aliphatic hydroxyl groups is 1. The Kier molecular flexibility index (Phi) is 3.72. The highest BCUT2D eigenvalue weighted by atomic mass is 35.5. The van der Waals surface area contributed by atoms with Gasteiger partial charge in [-0.05, 0) is 43.0 Å². The number of hydrogen-bond donors (Lipinski definition) is 1. The van der Waals surface area contributed by atoms with Crippen LogP contribution in [0.25, 0.3) is 0 Å². The molecule has 1 aliphatic heterocycles. The molecule has 1 saturated heterocycles. The van der Waals surface area contributed by atoms with Gasteiger partial charge in [-0.2, -0.15) is 0 Å². The molecule has 0 amide bonds. The van der Waals surface area contributed by atoms with Crippen molar-refractivity contribution >= 4 is 21.4 Å². The fourth-order valence-corrected chi connectivity index (χ4v) is 4.50. The Labute approximate surface area is 113 Å². The summed E-state index contributed by atoms with van der Waals surface area (Å²) in [5.74, 6) is 0.0598. The molecular formula is C13H17ClO3S. The average molecular weight is 289 g/mol. The molecule has 3 nitrogen and oxygen atoms in total. The Hall–Kier alpha value is -0.580. The van der Waals surface area contributed by atoms with Crippen LogP contribution in [-0.2, 0) is 9.84 Å². The quantitative estimate of drug-likeness (QED) is 0.909. The van der Waals surface area contributed by atoms with Crippen LogP contribution in [0.4, 0.5) is 0 Å². The van der Waals surface area contributed by atoms with Crippen LogP contribution in [0, 0.1) is 19.8 Å². The van der Waals surface area contributed by atoms with Crippen LogP contribution in [0.2, 0.25) is 5.02 Å². The molecule has 0 aliphatic carbocycles. The van der Waals surface area contributed by atoms with Crippen molar-refractivity contribution in [3.8, 4) is 0 Å². The van der Waals surface area contributed by atoms with Crippen LogP contribution in [-0.4, -0.2) is 25.0 Å². The molecule has 100 valence electrons. The van der Waals surface area contributed by atoms with E-state index in [4.69, 9.17) is 11.6 Å². The number of aliphatic hydroxyl groups excluding tert-OH is 1. The lowest BCUT2D eigenvalue weighted by Crippen LogP contribution is -2.15. The molecule has 1 heterocycles. The van der Waals surface area contributed by atoms with E-state index >= 15 is 0 Å². The Morgan fingerprint density at radius 2 is 2.00 bits per heavy atom. The van der Waals surface area contributed by atoms with Crippen molar-refractivity contribution < 1.29 is 13.5 Å². The second-order valence-electron chi connectivity index (χ2n) is 5.07. The minimum Gasteiger partial charge on any atom is -0.388 e. The summed E-state index contributed by atoms with van der Waals surface area (Å²) in [6, 6.07) is 3.67. The SMILES string of the molecule is Cc1cc(C(O)C2CCS(=O)(=O)C2)c(C)cc1Cl. The molecule has 1 aromatic carbocycles. The van der Waals surface area contributed by atoms with E-state index in [9.17, 15) is 13.5 Å². The topological polar surface area (TPSA) is 54.4 Å². The lowest BCUT2D eigenvalue weighted by atomic mass is 9.91. The van der Waals surface area contributed by atoms with Gasteiger partial charge in [-0.1, -0.05) is 17.7 Å². The maximum Gasteiger partial charge on any atom is 0.150 e. The van der Waals surface area contributed by atoms with Crippen LogP contribution < -0.4 is 0 Å². The van der Waals surface area contributed by atoms with E-state index in [2.05, 4.69) is 0 Å². The Morgan fingerprint density at radius 1 is 1.33 bits per heavy atom. The summed E-state index contributed by atoms with van der Waals surface area (Å²) in [5.41, 5.74) is 2.60. The van der Waals surface area contributed by atoms with Crippen molar-refractivity contribution in [2.45, 2.75) is 26.4 Å². The van der Waals surface area contributed by atoms with E-state index in [1.54, 1.807) is 0 Å². The van der Waals surface area contributed by atoms with Gasteiger partial charge in [0.25, 0.3) is 0 Å². The summed E-state index contributed by atoms with van der Waals surface area (Å²) >= 11 is 6.02. The molecule has 18 heavy (non-hydrogen) atoms. The third kappa shape index (κ3) is 2.71. The van der Waals surface area contributed by atoms with E-state index in [0.29, 0.717) is 11.4 Å². The first-order valence-electron chi connectivity index (χ1n) is 5.95. The van der Waals surface area contributed by atoms with Crippen LogP contribution in [0.5, 0.6) is 0 Å². The zero-order valence-corrected chi connectivity index (χ0v) is 12.1. The number of rotatable bonds is 2. The molecule has 1 aromatic rings. The van der Waals surface area contributed by atoms with Gasteiger partial charge in [-0.3, -0.25) is 0 Å². The van der Waals surface area contributed by atoms with E-state index in [0.717, 1.165) is 16.7 Å². The van der Waals surface area contributed by atoms with Gasteiger partial charge in [-0.25, -0.2) is 8.42 Å². The van der Waals surface area contributed by atoms with Crippen LogP contribution in [0.1, 0.15) is 29.2 Å². The van der Waals surface area contributed by atoms with Gasteiger partial charge in [0.05, 0.1) is 17.6 Å². The molecule has 0 saturated carbocycles. The molecule has 0 spiro atoms. The molecule has 2 unspecified atom stereocenters. The second-order valence-corrected chi connectivity index (χ2v) is 7.70.